The SMILES string of the molecule is COC1CCc2c(-c3ccc4c(c3)CCc3[nH]c([C@@H]5CCCN5C(=O)CC(C)C)nc3-4)ccc(-c3cnc([C@@H]4CCCN4C(=O)CC(C)C)[nH]3)c21. The number of benzene rings is 2. The van der Waals surface area contributed by atoms with Crippen LogP contribution in [0.1, 0.15) is 125 Å². The van der Waals surface area contributed by atoms with Crippen LogP contribution in [0, 0.1) is 11.8 Å². The van der Waals surface area contributed by atoms with Gasteiger partial charge >= 0.3 is 0 Å². The van der Waals surface area contributed by atoms with Gasteiger partial charge in [0.25, 0.3) is 0 Å². The molecule has 0 spiro atoms. The Labute approximate surface area is 301 Å². The smallest absolute Gasteiger partial charge is 0.223 e. The van der Waals surface area contributed by atoms with Crippen LogP contribution in [0.15, 0.2) is 36.5 Å². The van der Waals surface area contributed by atoms with Crippen LogP contribution in [0.3, 0.4) is 0 Å². The molecule has 268 valence electrons. The van der Waals surface area contributed by atoms with Gasteiger partial charge in [-0.05, 0) is 91.0 Å². The molecule has 2 saturated heterocycles. The number of amides is 2. The van der Waals surface area contributed by atoms with Gasteiger partial charge in [0.15, 0.2) is 0 Å². The highest BCUT2D eigenvalue weighted by Crippen LogP contribution is 2.46. The van der Waals surface area contributed by atoms with Gasteiger partial charge in [0, 0.05) is 49.9 Å². The number of rotatable bonds is 9. The molecule has 4 aliphatic rings. The Morgan fingerprint density at radius 1 is 0.824 bits per heavy atom. The predicted octanol–water partition coefficient (Wildman–Crippen LogP) is 8.29. The van der Waals surface area contributed by atoms with Gasteiger partial charge in [-0.15, -0.1) is 0 Å². The molecule has 9 heteroatoms. The van der Waals surface area contributed by atoms with E-state index >= 15 is 0 Å². The number of likely N-dealkylation sites (tertiary alicyclic amines) is 2. The van der Waals surface area contributed by atoms with E-state index in [0.29, 0.717) is 24.7 Å². The van der Waals surface area contributed by atoms with Gasteiger partial charge in [-0.3, -0.25) is 9.59 Å². The van der Waals surface area contributed by atoms with Crippen LogP contribution in [0.4, 0.5) is 0 Å². The van der Waals surface area contributed by atoms with Gasteiger partial charge in [0.1, 0.15) is 11.6 Å². The number of aromatic nitrogens is 4. The number of nitrogens with one attached hydrogen (secondary N) is 2. The average Bonchev–Trinajstić information content (AvgIpc) is 3.95. The Morgan fingerprint density at radius 3 is 2.18 bits per heavy atom. The van der Waals surface area contributed by atoms with Crippen molar-refractivity contribution < 1.29 is 14.3 Å². The number of imidazole rings is 2. The molecule has 3 atom stereocenters. The molecule has 2 fully saturated rings. The monoisotopic (exact) mass is 688 g/mol. The maximum Gasteiger partial charge on any atom is 0.223 e. The summed E-state index contributed by atoms with van der Waals surface area (Å²) in [4.78, 5) is 47.5. The third-order valence-corrected chi connectivity index (χ3v) is 11.6. The summed E-state index contributed by atoms with van der Waals surface area (Å²) in [5.41, 5.74) is 11.9. The quantitative estimate of drug-likeness (QED) is 0.184. The van der Waals surface area contributed by atoms with Gasteiger partial charge in [0.05, 0.1) is 35.8 Å². The van der Waals surface area contributed by atoms with Crippen LogP contribution in [-0.2, 0) is 33.6 Å². The summed E-state index contributed by atoms with van der Waals surface area (Å²) in [6.07, 6.45) is 10.8. The Morgan fingerprint density at radius 2 is 1.49 bits per heavy atom. The maximum absolute atomic E-state index is 13.1. The molecule has 9 nitrogen and oxygen atoms in total. The number of aryl methyl sites for hydroxylation is 2. The van der Waals surface area contributed by atoms with Crippen molar-refractivity contribution in [1.29, 1.82) is 0 Å². The van der Waals surface area contributed by atoms with Crippen molar-refractivity contribution in [3.05, 3.63) is 70.6 Å². The third kappa shape index (κ3) is 6.21. The van der Waals surface area contributed by atoms with E-state index in [1.807, 2.05) is 23.1 Å². The van der Waals surface area contributed by atoms with Crippen molar-refractivity contribution in [2.24, 2.45) is 11.8 Å². The molecule has 2 N–H and O–H groups in total. The highest BCUT2D eigenvalue weighted by molar-refractivity contribution is 5.81. The van der Waals surface area contributed by atoms with E-state index in [0.717, 1.165) is 93.1 Å². The molecule has 1 unspecified atom stereocenters. The van der Waals surface area contributed by atoms with E-state index in [1.165, 1.54) is 39.1 Å². The van der Waals surface area contributed by atoms with Gasteiger partial charge in [-0.25, -0.2) is 9.97 Å². The highest BCUT2D eigenvalue weighted by atomic mass is 16.5. The number of nitrogens with zero attached hydrogens (tertiary/aromatic N) is 4. The lowest BCUT2D eigenvalue weighted by molar-refractivity contribution is -0.133. The standard InChI is InChI=1S/C42H52N6O3/c1-24(2)20-37(49)47-18-6-8-34(47)41-43-23-33(45-41)31-14-13-28(30-15-17-36(51-5)39(30)31)26-10-12-29-27(22-26)11-16-32-40(29)46-42(44-32)35-9-7-19-48(35)38(50)21-25(3)4/h10,12-14,22-25,34-36H,6-9,11,15-21H2,1-5H3,(H,43,45)(H,44,46)/t34-,35-,36?/m0/s1. The first-order valence-corrected chi connectivity index (χ1v) is 19.2. The van der Waals surface area contributed by atoms with Gasteiger partial charge < -0.3 is 24.5 Å². The molecule has 8 rings (SSSR count). The molecule has 2 aliphatic carbocycles. The van der Waals surface area contributed by atoms with E-state index in [9.17, 15) is 9.59 Å². The zero-order valence-electron chi connectivity index (χ0n) is 30.8. The normalized spacial score (nSPS) is 21.1. The molecule has 2 aromatic carbocycles. The second-order valence-electron chi connectivity index (χ2n) is 16.0. The van der Waals surface area contributed by atoms with E-state index in [2.05, 4.69) is 68.0 Å². The minimum absolute atomic E-state index is 0.00150. The summed E-state index contributed by atoms with van der Waals surface area (Å²) >= 11 is 0. The third-order valence-electron chi connectivity index (χ3n) is 11.6. The number of carbonyl (C=O) groups excluding carboxylic acids is 2. The zero-order chi connectivity index (χ0) is 35.4. The Bertz CT molecular complexity index is 1960. The number of hydrogen-bond acceptors (Lipinski definition) is 5. The number of ether oxygens (including phenoxy) is 1. The maximum atomic E-state index is 13.1. The van der Waals surface area contributed by atoms with Gasteiger partial charge in [-0.1, -0.05) is 58.0 Å². The first kappa shape index (κ1) is 33.9. The summed E-state index contributed by atoms with van der Waals surface area (Å²) in [6.45, 7) is 10.0. The summed E-state index contributed by atoms with van der Waals surface area (Å²) < 4.78 is 6.07. The summed E-state index contributed by atoms with van der Waals surface area (Å²) in [7, 11) is 1.81. The molecule has 4 aromatic rings. The van der Waals surface area contributed by atoms with Gasteiger partial charge in [-0.2, -0.15) is 0 Å². The van der Waals surface area contributed by atoms with E-state index < -0.39 is 0 Å². The van der Waals surface area contributed by atoms with Crippen molar-refractivity contribution in [2.75, 3.05) is 20.2 Å². The lowest BCUT2D eigenvalue weighted by Crippen LogP contribution is -2.31. The van der Waals surface area contributed by atoms with Crippen molar-refractivity contribution in [2.45, 2.75) is 110 Å². The lowest BCUT2D eigenvalue weighted by Gasteiger charge is -2.24. The van der Waals surface area contributed by atoms with E-state index in [1.54, 1.807) is 0 Å². The minimum atomic E-state index is 0.00150. The molecular formula is C42H52N6O3. The summed E-state index contributed by atoms with van der Waals surface area (Å²) in [5.74, 6) is 2.96. The molecule has 2 aromatic heterocycles. The Balaban J connectivity index is 1.08. The second kappa shape index (κ2) is 13.7. The number of methoxy groups -OCH3 is 1. The molecular weight excluding hydrogens is 637 g/mol. The topological polar surface area (TPSA) is 107 Å². The van der Waals surface area contributed by atoms with Gasteiger partial charge in [0.2, 0.25) is 11.8 Å². The number of fused-ring (bicyclic) bond motifs is 4. The first-order chi connectivity index (χ1) is 24.7. The van der Waals surface area contributed by atoms with E-state index in [4.69, 9.17) is 14.7 Å². The van der Waals surface area contributed by atoms with Crippen molar-refractivity contribution in [3.8, 4) is 33.6 Å². The van der Waals surface area contributed by atoms with Crippen LogP contribution < -0.4 is 0 Å². The van der Waals surface area contributed by atoms with Crippen LogP contribution >= 0.6 is 0 Å². The number of carbonyl (C=O) groups is 2. The molecule has 0 bridgehead atoms. The summed E-state index contributed by atoms with van der Waals surface area (Å²) in [6, 6.07) is 11.4. The number of aromatic amines is 2. The Kier molecular flexibility index (Phi) is 9.11. The predicted molar refractivity (Wildman–Crippen MR) is 199 cm³/mol. The molecule has 0 saturated carbocycles. The fraction of sp³-hybridized carbons (Fsp3) is 0.524. The largest absolute Gasteiger partial charge is 0.377 e. The van der Waals surface area contributed by atoms with Crippen LogP contribution in [-0.4, -0.2) is 61.7 Å². The average molecular weight is 689 g/mol. The van der Waals surface area contributed by atoms with Crippen LogP contribution in [0.5, 0.6) is 0 Å². The summed E-state index contributed by atoms with van der Waals surface area (Å²) in [5, 5.41) is 0. The fourth-order valence-corrected chi connectivity index (χ4v) is 9.19. The molecule has 0 radical (unpaired) electrons. The number of hydrogen-bond donors (Lipinski definition) is 2. The molecule has 51 heavy (non-hydrogen) atoms. The van der Waals surface area contributed by atoms with Crippen molar-refractivity contribution >= 4 is 11.8 Å². The van der Waals surface area contributed by atoms with Crippen molar-refractivity contribution in [1.82, 2.24) is 29.7 Å². The minimum Gasteiger partial charge on any atom is -0.377 e. The van der Waals surface area contributed by atoms with Crippen LogP contribution in [0.2, 0.25) is 0 Å². The van der Waals surface area contributed by atoms with E-state index in [-0.39, 0.29) is 30.0 Å². The first-order valence-electron chi connectivity index (χ1n) is 19.2. The second-order valence-corrected chi connectivity index (χ2v) is 16.0. The molecule has 2 aliphatic heterocycles. The molecule has 2 amide bonds. The lowest BCUT2D eigenvalue weighted by atomic mass is 9.87. The van der Waals surface area contributed by atoms with Crippen LogP contribution in [0.25, 0.3) is 33.6 Å². The fourth-order valence-electron chi connectivity index (χ4n) is 9.19. The zero-order valence-corrected chi connectivity index (χ0v) is 30.8. The highest BCUT2D eigenvalue weighted by Gasteiger charge is 2.35. The Hall–Kier alpha value is -4.24. The number of H-pyrrole nitrogens is 2. The van der Waals surface area contributed by atoms with Crippen molar-refractivity contribution in [3.63, 3.8) is 0 Å². The molecule has 4 heterocycles.